The molecule has 1 aromatic carbocycles. The van der Waals surface area contributed by atoms with Gasteiger partial charge in [0.1, 0.15) is 0 Å². The summed E-state index contributed by atoms with van der Waals surface area (Å²) >= 11 is 0. The van der Waals surface area contributed by atoms with Gasteiger partial charge >= 0.3 is 0 Å². The molecule has 1 aliphatic carbocycles. The van der Waals surface area contributed by atoms with Crippen molar-refractivity contribution >= 4 is 11.6 Å². The van der Waals surface area contributed by atoms with Crippen molar-refractivity contribution < 1.29 is 18.0 Å². The second-order valence-electron chi connectivity index (χ2n) is 4.63. The van der Waals surface area contributed by atoms with Crippen molar-refractivity contribution in [3.63, 3.8) is 0 Å². The van der Waals surface area contributed by atoms with Gasteiger partial charge in [0, 0.05) is 6.04 Å². The molecule has 19 heavy (non-hydrogen) atoms. The van der Waals surface area contributed by atoms with E-state index in [1.807, 2.05) is 0 Å². The predicted molar refractivity (Wildman–Crippen MR) is 65.2 cm³/mol. The zero-order valence-electron chi connectivity index (χ0n) is 10.3. The van der Waals surface area contributed by atoms with Crippen LogP contribution in [0.25, 0.3) is 0 Å². The Hall–Kier alpha value is -1.56. The normalized spacial score (nSPS) is 15.7. The minimum absolute atomic E-state index is 0.0309. The van der Waals surface area contributed by atoms with E-state index in [-0.39, 0.29) is 12.2 Å². The highest BCUT2D eigenvalue weighted by Gasteiger charge is 2.17. The lowest BCUT2D eigenvalue weighted by molar-refractivity contribution is -0.115. The number of hydrogen-bond acceptors (Lipinski definition) is 2. The van der Waals surface area contributed by atoms with Crippen molar-refractivity contribution in [2.45, 2.75) is 31.7 Å². The highest BCUT2D eigenvalue weighted by atomic mass is 19.2. The van der Waals surface area contributed by atoms with Crippen LogP contribution in [0.4, 0.5) is 18.9 Å². The van der Waals surface area contributed by atoms with E-state index in [1.54, 1.807) is 0 Å². The summed E-state index contributed by atoms with van der Waals surface area (Å²) in [7, 11) is 0. The highest BCUT2D eigenvalue weighted by molar-refractivity contribution is 5.92. The average Bonchev–Trinajstić information content (AvgIpc) is 2.90. The van der Waals surface area contributed by atoms with Crippen molar-refractivity contribution in [3.8, 4) is 0 Å². The molecule has 1 fully saturated rings. The van der Waals surface area contributed by atoms with Crippen molar-refractivity contribution in [2.24, 2.45) is 0 Å². The third-order valence-corrected chi connectivity index (χ3v) is 3.22. The number of amides is 1. The summed E-state index contributed by atoms with van der Waals surface area (Å²) in [5.74, 6) is -4.72. The van der Waals surface area contributed by atoms with Crippen LogP contribution in [0.5, 0.6) is 0 Å². The van der Waals surface area contributed by atoms with Gasteiger partial charge < -0.3 is 10.6 Å². The molecule has 0 radical (unpaired) electrons. The molecule has 2 rings (SSSR count). The summed E-state index contributed by atoms with van der Waals surface area (Å²) in [6.45, 7) is 0.0309. The molecule has 0 heterocycles. The van der Waals surface area contributed by atoms with Gasteiger partial charge in [-0.2, -0.15) is 0 Å². The lowest BCUT2D eigenvalue weighted by Crippen LogP contribution is -2.34. The van der Waals surface area contributed by atoms with Gasteiger partial charge in [0.05, 0.1) is 12.2 Å². The van der Waals surface area contributed by atoms with Crippen LogP contribution in [0.1, 0.15) is 25.7 Å². The molecule has 1 aromatic rings. The lowest BCUT2D eigenvalue weighted by atomic mass is 10.2. The Morgan fingerprint density at radius 1 is 1.16 bits per heavy atom. The van der Waals surface area contributed by atoms with Gasteiger partial charge in [-0.05, 0) is 25.0 Å². The molecule has 0 unspecified atom stereocenters. The first-order valence-corrected chi connectivity index (χ1v) is 6.24. The van der Waals surface area contributed by atoms with Gasteiger partial charge in [-0.3, -0.25) is 4.79 Å². The van der Waals surface area contributed by atoms with E-state index >= 15 is 0 Å². The molecule has 1 saturated carbocycles. The monoisotopic (exact) mass is 272 g/mol. The lowest BCUT2D eigenvalue weighted by Gasteiger charge is -2.12. The van der Waals surface area contributed by atoms with E-state index < -0.39 is 23.4 Å². The molecule has 1 amide bonds. The Kier molecular flexibility index (Phi) is 4.42. The number of benzene rings is 1. The van der Waals surface area contributed by atoms with Gasteiger partial charge in [0.25, 0.3) is 0 Å². The van der Waals surface area contributed by atoms with E-state index in [2.05, 4.69) is 10.6 Å². The zero-order valence-corrected chi connectivity index (χ0v) is 10.3. The molecule has 0 aliphatic heterocycles. The van der Waals surface area contributed by atoms with Crippen LogP contribution in [-0.2, 0) is 4.79 Å². The molecule has 0 aromatic heterocycles. The second kappa shape index (κ2) is 6.06. The van der Waals surface area contributed by atoms with Crippen molar-refractivity contribution in [2.75, 3.05) is 11.9 Å². The number of anilines is 1. The van der Waals surface area contributed by atoms with Gasteiger partial charge in [0.15, 0.2) is 17.5 Å². The fourth-order valence-corrected chi connectivity index (χ4v) is 2.18. The molecule has 104 valence electrons. The molecule has 2 N–H and O–H groups in total. The van der Waals surface area contributed by atoms with E-state index in [0.29, 0.717) is 6.04 Å². The Balaban J connectivity index is 1.89. The summed E-state index contributed by atoms with van der Waals surface area (Å²) in [5.41, 5.74) is -0.350. The fraction of sp³-hybridized carbons (Fsp3) is 0.462. The van der Waals surface area contributed by atoms with Gasteiger partial charge in [-0.25, -0.2) is 13.2 Å². The van der Waals surface area contributed by atoms with E-state index in [9.17, 15) is 18.0 Å². The van der Waals surface area contributed by atoms with Crippen LogP contribution in [0.3, 0.4) is 0 Å². The molecule has 0 saturated heterocycles. The average molecular weight is 272 g/mol. The number of rotatable bonds is 4. The third kappa shape index (κ3) is 3.47. The smallest absolute Gasteiger partial charge is 0.238 e. The number of carbonyl (C=O) groups is 1. The van der Waals surface area contributed by atoms with Gasteiger partial charge in [-0.1, -0.05) is 12.8 Å². The van der Waals surface area contributed by atoms with E-state index in [1.165, 1.54) is 0 Å². The topological polar surface area (TPSA) is 41.1 Å². The second-order valence-corrected chi connectivity index (χ2v) is 4.63. The summed E-state index contributed by atoms with van der Waals surface area (Å²) in [4.78, 5) is 11.6. The summed E-state index contributed by atoms with van der Waals surface area (Å²) < 4.78 is 39.0. The molecule has 0 atom stereocenters. The molecular formula is C13H15F3N2O. The van der Waals surface area contributed by atoms with Crippen LogP contribution in [-0.4, -0.2) is 18.5 Å². The van der Waals surface area contributed by atoms with Crippen molar-refractivity contribution in [3.05, 3.63) is 29.6 Å². The summed E-state index contributed by atoms with van der Waals surface area (Å²) in [5, 5.41) is 5.26. The highest BCUT2D eigenvalue weighted by Crippen LogP contribution is 2.20. The maximum Gasteiger partial charge on any atom is 0.238 e. The third-order valence-electron chi connectivity index (χ3n) is 3.22. The quantitative estimate of drug-likeness (QED) is 0.827. The number of halogens is 3. The maximum atomic E-state index is 13.3. The van der Waals surface area contributed by atoms with Gasteiger partial charge in [0.2, 0.25) is 5.91 Å². The predicted octanol–water partition coefficient (Wildman–Crippen LogP) is 2.57. The first-order chi connectivity index (χ1) is 9.08. The number of hydrogen-bond donors (Lipinski definition) is 2. The SMILES string of the molecule is O=C(CNC1CCCC1)Nc1ccc(F)c(F)c1F. The molecule has 0 spiro atoms. The van der Waals surface area contributed by atoms with Gasteiger partial charge in [-0.15, -0.1) is 0 Å². The van der Waals surface area contributed by atoms with E-state index in [0.717, 1.165) is 37.8 Å². The summed E-state index contributed by atoms with van der Waals surface area (Å²) in [6.07, 6.45) is 4.31. The fourth-order valence-electron chi connectivity index (χ4n) is 2.18. The molecule has 0 bridgehead atoms. The molecule has 1 aliphatic rings. The van der Waals surface area contributed by atoms with Crippen LogP contribution >= 0.6 is 0 Å². The summed E-state index contributed by atoms with van der Waals surface area (Å²) in [6, 6.07) is 2.08. The van der Waals surface area contributed by atoms with Crippen LogP contribution < -0.4 is 10.6 Å². The molecule has 6 heteroatoms. The Labute approximate surface area is 109 Å². The minimum atomic E-state index is -1.58. The standard InChI is InChI=1S/C13H15F3N2O/c14-9-5-6-10(13(16)12(9)15)18-11(19)7-17-8-3-1-2-4-8/h5-6,8,17H,1-4,7H2,(H,18,19). The van der Waals surface area contributed by atoms with E-state index in [4.69, 9.17) is 0 Å². The van der Waals surface area contributed by atoms with Crippen LogP contribution in [0, 0.1) is 17.5 Å². The first kappa shape index (κ1) is 13.9. The first-order valence-electron chi connectivity index (χ1n) is 6.24. The number of carbonyl (C=O) groups excluding carboxylic acids is 1. The molecular weight excluding hydrogens is 257 g/mol. The van der Waals surface area contributed by atoms with Crippen LogP contribution in [0.2, 0.25) is 0 Å². The minimum Gasteiger partial charge on any atom is -0.322 e. The maximum absolute atomic E-state index is 13.3. The van der Waals surface area contributed by atoms with Crippen LogP contribution in [0.15, 0.2) is 12.1 Å². The van der Waals surface area contributed by atoms with Crippen molar-refractivity contribution in [1.82, 2.24) is 5.32 Å². The Bertz CT molecular complexity index is 473. The Morgan fingerprint density at radius 3 is 2.53 bits per heavy atom. The Morgan fingerprint density at radius 2 is 1.84 bits per heavy atom. The largest absolute Gasteiger partial charge is 0.322 e. The zero-order chi connectivity index (χ0) is 13.8. The molecule has 3 nitrogen and oxygen atoms in total. The van der Waals surface area contributed by atoms with Crippen molar-refractivity contribution in [1.29, 1.82) is 0 Å². The number of nitrogens with one attached hydrogen (secondary N) is 2.